The van der Waals surface area contributed by atoms with Gasteiger partial charge in [-0.15, -0.1) is 0 Å². The van der Waals surface area contributed by atoms with E-state index in [9.17, 15) is 4.79 Å². The molecule has 3 N–H and O–H groups in total. The van der Waals surface area contributed by atoms with Crippen LogP contribution in [0.1, 0.15) is 45.2 Å². The first-order valence-electron chi connectivity index (χ1n) is 9.18. The average molecular weight is 348 g/mol. The van der Waals surface area contributed by atoms with Gasteiger partial charge in [0.1, 0.15) is 0 Å². The monoisotopic (exact) mass is 347 g/mol. The first-order valence-corrected chi connectivity index (χ1v) is 9.18. The quantitative estimate of drug-likeness (QED) is 0.710. The van der Waals surface area contributed by atoms with Gasteiger partial charge >= 0.3 is 6.03 Å². The lowest BCUT2D eigenvalue weighted by atomic mass is 9.90. The molecule has 0 aromatic heterocycles. The molecule has 2 amide bonds. The standard InChI is InChI=1S/C20H33N3O2/c1-19(2,10-12-24)14-21-18(25)22-15-20(3,4)23-11-9-16-7-5-6-8-17(16)13-23/h5-8,24H,9-15H2,1-4H3,(H2,21,22,25). The summed E-state index contributed by atoms with van der Waals surface area (Å²) in [6.07, 6.45) is 1.73. The lowest BCUT2D eigenvalue weighted by Gasteiger charge is -2.41. The van der Waals surface area contributed by atoms with Crippen molar-refractivity contribution in [3.8, 4) is 0 Å². The van der Waals surface area contributed by atoms with Crippen LogP contribution in [-0.2, 0) is 13.0 Å². The van der Waals surface area contributed by atoms with Crippen molar-refractivity contribution in [3.05, 3.63) is 35.4 Å². The van der Waals surface area contributed by atoms with Gasteiger partial charge in [0.2, 0.25) is 0 Å². The zero-order valence-corrected chi connectivity index (χ0v) is 16.1. The summed E-state index contributed by atoms with van der Waals surface area (Å²) in [7, 11) is 0. The van der Waals surface area contributed by atoms with E-state index in [2.05, 4.69) is 53.6 Å². The topological polar surface area (TPSA) is 64.6 Å². The number of nitrogens with zero attached hydrogens (tertiary/aromatic N) is 1. The molecule has 0 atom stereocenters. The largest absolute Gasteiger partial charge is 0.396 e. The van der Waals surface area contributed by atoms with E-state index in [-0.39, 0.29) is 23.6 Å². The van der Waals surface area contributed by atoms with E-state index in [0.717, 1.165) is 19.5 Å². The number of rotatable bonds is 7. The number of amides is 2. The molecule has 1 aromatic carbocycles. The van der Waals surface area contributed by atoms with Crippen LogP contribution in [0.15, 0.2) is 24.3 Å². The maximum Gasteiger partial charge on any atom is 0.314 e. The van der Waals surface area contributed by atoms with Crippen LogP contribution in [0.3, 0.4) is 0 Å². The predicted octanol–water partition coefficient (Wildman–Crippen LogP) is 2.53. The number of hydrogen-bond acceptors (Lipinski definition) is 3. The third-order valence-electron chi connectivity index (χ3n) is 5.18. The molecule has 140 valence electrons. The number of hydrogen-bond donors (Lipinski definition) is 3. The first kappa shape index (κ1) is 19.7. The fourth-order valence-electron chi connectivity index (χ4n) is 3.19. The Balaban J connectivity index is 1.82. The van der Waals surface area contributed by atoms with Crippen molar-refractivity contribution in [2.45, 2.75) is 52.6 Å². The summed E-state index contributed by atoms with van der Waals surface area (Å²) in [6.45, 7) is 11.7. The van der Waals surface area contributed by atoms with Crippen molar-refractivity contribution in [1.29, 1.82) is 0 Å². The second-order valence-electron chi connectivity index (χ2n) is 8.43. The fourth-order valence-corrected chi connectivity index (χ4v) is 3.19. The first-order chi connectivity index (χ1) is 11.7. The van der Waals surface area contributed by atoms with Gasteiger partial charge in [-0.05, 0) is 43.2 Å². The third kappa shape index (κ3) is 5.72. The van der Waals surface area contributed by atoms with Crippen molar-refractivity contribution in [3.63, 3.8) is 0 Å². The highest BCUT2D eigenvalue weighted by Crippen LogP contribution is 2.25. The summed E-state index contributed by atoms with van der Waals surface area (Å²) in [5.41, 5.74) is 2.62. The normalized spacial score (nSPS) is 15.6. The summed E-state index contributed by atoms with van der Waals surface area (Å²) in [5, 5.41) is 15.0. The Kier molecular flexibility index (Phi) is 6.47. The highest BCUT2D eigenvalue weighted by Gasteiger charge is 2.30. The molecule has 0 spiro atoms. The van der Waals surface area contributed by atoms with Crippen LogP contribution >= 0.6 is 0 Å². The number of carbonyl (C=O) groups is 1. The van der Waals surface area contributed by atoms with Crippen molar-refractivity contribution in [1.82, 2.24) is 15.5 Å². The molecule has 0 bridgehead atoms. The van der Waals surface area contributed by atoms with Crippen LogP contribution in [-0.4, -0.2) is 47.8 Å². The molecular formula is C20H33N3O2. The highest BCUT2D eigenvalue weighted by molar-refractivity contribution is 5.73. The van der Waals surface area contributed by atoms with Crippen molar-refractivity contribution in [2.75, 3.05) is 26.2 Å². The minimum atomic E-state index is -0.142. The number of fused-ring (bicyclic) bond motifs is 1. The van der Waals surface area contributed by atoms with E-state index in [0.29, 0.717) is 19.5 Å². The summed E-state index contributed by atoms with van der Waals surface area (Å²) in [5.74, 6) is 0. The molecule has 0 fully saturated rings. The Morgan fingerprint density at radius 3 is 2.44 bits per heavy atom. The minimum Gasteiger partial charge on any atom is -0.396 e. The van der Waals surface area contributed by atoms with Gasteiger partial charge in [0.05, 0.1) is 0 Å². The lowest BCUT2D eigenvalue weighted by molar-refractivity contribution is 0.104. The van der Waals surface area contributed by atoms with Crippen LogP contribution in [0, 0.1) is 5.41 Å². The van der Waals surface area contributed by atoms with Gasteiger partial charge in [-0.3, -0.25) is 4.90 Å². The molecule has 5 nitrogen and oxygen atoms in total. The smallest absolute Gasteiger partial charge is 0.314 e. The molecule has 2 rings (SSSR count). The molecule has 0 aliphatic carbocycles. The molecule has 1 aliphatic heterocycles. The Hall–Kier alpha value is -1.59. The molecule has 0 saturated heterocycles. The maximum absolute atomic E-state index is 12.1. The van der Waals surface area contributed by atoms with Crippen LogP contribution < -0.4 is 10.6 Å². The molecule has 5 heteroatoms. The van der Waals surface area contributed by atoms with Crippen molar-refractivity contribution < 1.29 is 9.90 Å². The molecule has 0 saturated carbocycles. The number of aliphatic hydroxyl groups is 1. The number of urea groups is 1. The van der Waals surface area contributed by atoms with E-state index < -0.39 is 0 Å². The van der Waals surface area contributed by atoms with Gasteiger partial charge in [0, 0.05) is 38.3 Å². The van der Waals surface area contributed by atoms with Crippen molar-refractivity contribution >= 4 is 6.03 Å². The molecule has 25 heavy (non-hydrogen) atoms. The van der Waals surface area contributed by atoms with E-state index in [1.165, 1.54) is 11.1 Å². The molecular weight excluding hydrogens is 314 g/mol. The Morgan fingerprint density at radius 2 is 1.76 bits per heavy atom. The van der Waals surface area contributed by atoms with Gasteiger partial charge in [-0.1, -0.05) is 38.1 Å². The summed E-state index contributed by atoms with van der Waals surface area (Å²) in [6, 6.07) is 8.45. The minimum absolute atomic E-state index is 0.0990. The Labute approximate surface area is 151 Å². The van der Waals surface area contributed by atoms with Crippen LogP contribution in [0.5, 0.6) is 0 Å². The third-order valence-corrected chi connectivity index (χ3v) is 5.18. The molecule has 0 unspecified atom stereocenters. The number of nitrogens with one attached hydrogen (secondary N) is 2. The van der Waals surface area contributed by atoms with Crippen molar-refractivity contribution in [2.24, 2.45) is 5.41 Å². The van der Waals surface area contributed by atoms with Crippen LogP contribution in [0.25, 0.3) is 0 Å². The number of aliphatic hydroxyl groups excluding tert-OH is 1. The summed E-state index contributed by atoms with van der Waals surface area (Å²) in [4.78, 5) is 14.6. The molecule has 0 radical (unpaired) electrons. The van der Waals surface area contributed by atoms with Crippen LogP contribution in [0.4, 0.5) is 4.79 Å². The lowest BCUT2D eigenvalue weighted by Crippen LogP contribution is -2.54. The Bertz CT molecular complexity index is 584. The van der Waals surface area contributed by atoms with E-state index in [1.54, 1.807) is 0 Å². The fraction of sp³-hybridized carbons (Fsp3) is 0.650. The maximum atomic E-state index is 12.1. The highest BCUT2D eigenvalue weighted by atomic mass is 16.3. The second kappa shape index (κ2) is 8.19. The number of benzene rings is 1. The van der Waals surface area contributed by atoms with Crippen LogP contribution in [0.2, 0.25) is 0 Å². The average Bonchev–Trinajstić information content (AvgIpc) is 2.58. The molecule has 1 aromatic rings. The van der Waals surface area contributed by atoms with Gasteiger partial charge in [-0.25, -0.2) is 4.79 Å². The second-order valence-corrected chi connectivity index (χ2v) is 8.43. The zero-order chi connectivity index (χ0) is 18.5. The van der Waals surface area contributed by atoms with Gasteiger partial charge in [-0.2, -0.15) is 0 Å². The van der Waals surface area contributed by atoms with Gasteiger partial charge < -0.3 is 15.7 Å². The van der Waals surface area contributed by atoms with Gasteiger partial charge in [0.25, 0.3) is 0 Å². The summed E-state index contributed by atoms with van der Waals surface area (Å²) < 4.78 is 0. The molecule has 1 aliphatic rings. The van der Waals surface area contributed by atoms with E-state index >= 15 is 0 Å². The van der Waals surface area contributed by atoms with Gasteiger partial charge in [0.15, 0.2) is 0 Å². The zero-order valence-electron chi connectivity index (χ0n) is 16.1. The van der Waals surface area contributed by atoms with E-state index in [4.69, 9.17) is 5.11 Å². The summed E-state index contributed by atoms with van der Waals surface area (Å²) >= 11 is 0. The SMILES string of the molecule is CC(C)(CCO)CNC(=O)NCC(C)(C)N1CCc2ccccc2C1. The Morgan fingerprint density at radius 1 is 1.12 bits per heavy atom. The molecule has 1 heterocycles. The number of carbonyl (C=O) groups excluding carboxylic acids is 1. The van der Waals surface area contributed by atoms with E-state index in [1.807, 2.05) is 13.8 Å². The predicted molar refractivity (Wildman–Crippen MR) is 102 cm³/mol.